The van der Waals surface area contributed by atoms with Gasteiger partial charge in [0.15, 0.2) is 5.96 Å². The monoisotopic (exact) mass is 507 g/mol. The van der Waals surface area contributed by atoms with E-state index in [0.717, 1.165) is 31.9 Å². The summed E-state index contributed by atoms with van der Waals surface area (Å²) in [6.45, 7) is 9.66. The van der Waals surface area contributed by atoms with Gasteiger partial charge in [0.2, 0.25) is 0 Å². The van der Waals surface area contributed by atoms with Crippen molar-refractivity contribution in [3.05, 3.63) is 30.1 Å². The number of benzene rings is 1. The van der Waals surface area contributed by atoms with E-state index in [1.165, 1.54) is 12.1 Å². The Kier molecular flexibility index (Phi) is 9.77. The number of carbonyl (C=O) groups excluding carboxylic acids is 1. The number of rotatable bonds is 5. The molecule has 0 aliphatic carbocycles. The lowest BCUT2D eigenvalue weighted by Crippen LogP contribution is -2.51. The average Bonchev–Trinajstić information content (AvgIpc) is 2.60. The fourth-order valence-electron chi connectivity index (χ4n) is 2.72. The molecule has 1 aromatic rings. The van der Waals surface area contributed by atoms with Gasteiger partial charge in [0.25, 0.3) is 0 Å². The maximum Gasteiger partial charge on any atom is 0.407 e. The number of nitrogens with one attached hydrogen (secondary N) is 1. The zero-order chi connectivity index (χ0) is 19.9. The highest BCUT2D eigenvalue weighted by molar-refractivity contribution is 14.0. The Morgan fingerprint density at radius 3 is 2.39 bits per heavy atom. The van der Waals surface area contributed by atoms with E-state index >= 15 is 0 Å². The van der Waals surface area contributed by atoms with Crippen molar-refractivity contribution in [3.8, 4) is 0 Å². The maximum atomic E-state index is 13.0. The van der Waals surface area contributed by atoms with Gasteiger partial charge >= 0.3 is 6.09 Å². The predicted molar refractivity (Wildman–Crippen MR) is 121 cm³/mol. The van der Waals surface area contributed by atoms with Gasteiger partial charge in [-0.05, 0) is 51.5 Å². The lowest BCUT2D eigenvalue weighted by molar-refractivity contribution is 0.0527. The van der Waals surface area contributed by atoms with Gasteiger partial charge in [-0.3, -0.25) is 4.99 Å². The fourth-order valence-corrected chi connectivity index (χ4v) is 2.72. The first-order chi connectivity index (χ1) is 12.7. The highest BCUT2D eigenvalue weighted by atomic mass is 127. The molecule has 1 amide bonds. The van der Waals surface area contributed by atoms with Crippen molar-refractivity contribution in [1.29, 1.82) is 0 Å². The molecule has 2 rings (SSSR count). The van der Waals surface area contributed by atoms with Crippen LogP contribution in [-0.2, 0) is 4.74 Å². The minimum absolute atomic E-state index is 0. The molecule has 1 aromatic carbocycles. The summed E-state index contributed by atoms with van der Waals surface area (Å²) in [4.78, 5) is 20.2. The Bertz CT molecular complexity index is 641. The molecule has 158 valence electrons. The van der Waals surface area contributed by atoms with Crippen LogP contribution < -0.4 is 16.0 Å². The largest absolute Gasteiger partial charge is 0.444 e. The molecule has 1 saturated heterocycles. The van der Waals surface area contributed by atoms with Gasteiger partial charge in [0.1, 0.15) is 11.4 Å². The molecule has 7 nitrogen and oxygen atoms in total. The topological polar surface area (TPSA) is 83.2 Å². The van der Waals surface area contributed by atoms with Crippen LogP contribution in [0.2, 0.25) is 0 Å². The van der Waals surface area contributed by atoms with Crippen molar-refractivity contribution >= 4 is 41.7 Å². The third-order valence-electron chi connectivity index (χ3n) is 4.07. The molecule has 3 N–H and O–H groups in total. The van der Waals surface area contributed by atoms with Crippen LogP contribution in [-0.4, -0.2) is 61.8 Å². The summed E-state index contributed by atoms with van der Waals surface area (Å²) < 4.78 is 18.2. The molecular formula is C19H31FIN5O2. The zero-order valence-corrected chi connectivity index (χ0v) is 19.1. The van der Waals surface area contributed by atoms with Gasteiger partial charge in [-0.2, -0.15) is 0 Å². The molecule has 0 aromatic heterocycles. The summed E-state index contributed by atoms with van der Waals surface area (Å²) in [5, 5.41) is 2.70. The van der Waals surface area contributed by atoms with E-state index in [-0.39, 0.29) is 29.8 Å². The normalized spacial score (nSPS) is 15.1. The summed E-state index contributed by atoms with van der Waals surface area (Å²) >= 11 is 0. The first kappa shape index (κ1) is 24.3. The highest BCUT2D eigenvalue weighted by Gasteiger charge is 2.18. The number of hydrogen-bond donors (Lipinski definition) is 2. The minimum Gasteiger partial charge on any atom is -0.444 e. The standard InChI is InChI=1S/C19H30FN5O2.HI/c1-19(2,3)27-18(26)23-10-4-9-22-17(21)25-13-11-24(12-14-25)16-7-5-15(20)6-8-16;/h5-8H,4,9-14H2,1-3H3,(H2,21,22)(H,23,26);1H. The van der Waals surface area contributed by atoms with Gasteiger partial charge in [0.05, 0.1) is 0 Å². The second-order valence-electron chi connectivity index (χ2n) is 7.47. The molecule has 0 radical (unpaired) electrons. The Morgan fingerprint density at radius 2 is 1.82 bits per heavy atom. The molecule has 0 unspecified atom stereocenters. The van der Waals surface area contributed by atoms with E-state index in [9.17, 15) is 9.18 Å². The molecular weight excluding hydrogens is 476 g/mol. The van der Waals surface area contributed by atoms with E-state index in [4.69, 9.17) is 10.5 Å². The van der Waals surface area contributed by atoms with Crippen LogP contribution in [0.3, 0.4) is 0 Å². The van der Waals surface area contributed by atoms with Crippen LogP contribution in [0, 0.1) is 5.82 Å². The Labute approximate surface area is 183 Å². The van der Waals surface area contributed by atoms with Crippen molar-refractivity contribution in [2.24, 2.45) is 10.7 Å². The number of nitrogens with zero attached hydrogens (tertiary/aromatic N) is 3. The van der Waals surface area contributed by atoms with E-state index in [1.807, 2.05) is 25.7 Å². The molecule has 1 aliphatic heterocycles. The number of alkyl carbamates (subject to hydrolysis) is 1. The van der Waals surface area contributed by atoms with E-state index in [2.05, 4.69) is 15.2 Å². The Hall–Kier alpha value is -1.78. The number of ether oxygens (including phenoxy) is 1. The predicted octanol–water partition coefficient (Wildman–Crippen LogP) is 2.80. The van der Waals surface area contributed by atoms with Crippen LogP contribution >= 0.6 is 24.0 Å². The van der Waals surface area contributed by atoms with Crippen molar-refractivity contribution in [2.45, 2.75) is 32.8 Å². The van der Waals surface area contributed by atoms with E-state index in [1.54, 1.807) is 12.1 Å². The summed E-state index contributed by atoms with van der Waals surface area (Å²) in [7, 11) is 0. The number of piperazine rings is 1. The molecule has 1 aliphatic rings. The fraction of sp³-hybridized carbons (Fsp3) is 0.579. The van der Waals surface area contributed by atoms with Gasteiger partial charge in [-0.15, -0.1) is 24.0 Å². The lowest BCUT2D eigenvalue weighted by Gasteiger charge is -2.36. The van der Waals surface area contributed by atoms with Crippen molar-refractivity contribution in [3.63, 3.8) is 0 Å². The van der Waals surface area contributed by atoms with Crippen molar-refractivity contribution < 1.29 is 13.9 Å². The van der Waals surface area contributed by atoms with Gasteiger partial charge in [-0.25, -0.2) is 9.18 Å². The van der Waals surface area contributed by atoms with Crippen LogP contribution in [0.4, 0.5) is 14.9 Å². The first-order valence-electron chi connectivity index (χ1n) is 9.27. The van der Waals surface area contributed by atoms with E-state index in [0.29, 0.717) is 25.5 Å². The Morgan fingerprint density at radius 1 is 1.21 bits per heavy atom. The zero-order valence-electron chi connectivity index (χ0n) is 16.8. The van der Waals surface area contributed by atoms with Crippen molar-refractivity contribution in [2.75, 3.05) is 44.2 Å². The van der Waals surface area contributed by atoms with E-state index < -0.39 is 11.7 Å². The number of aliphatic imine (C=N–C) groups is 1. The van der Waals surface area contributed by atoms with Crippen LogP contribution in [0.1, 0.15) is 27.2 Å². The molecule has 1 fully saturated rings. The minimum atomic E-state index is -0.497. The average molecular weight is 507 g/mol. The first-order valence-corrected chi connectivity index (χ1v) is 9.27. The van der Waals surface area contributed by atoms with Gasteiger partial charge < -0.3 is 25.6 Å². The number of halogens is 2. The van der Waals surface area contributed by atoms with Crippen molar-refractivity contribution in [1.82, 2.24) is 10.2 Å². The number of hydrogen-bond acceptors (Lipinski definition) is 4. The molecule has 9 heteroatoms. The maximum absolute atomic E-state index is 13.0. The molecule has 0 saturated carbocycles. The number of guanidine groups is 1. The lowest BCUT2D eigenvalue weighted by atomic mass is 10.2. The summed E-state index contributed by atoms with van der Waals surface area (Å²) in [6, 6.07) is 6.53. The smallest absolute Gasteiger partial charge is 0.407 e. The number of carbonyl (C=O) groups is 1. The second kappa shape index (κ2) is 11.3. The molecule has 1 heterocycles. The molecule has 0 spiro atoms. The summed E-state index contributed by atoms with van der Waals surface area (Å²) in [5.41, 5.74) is 6.59. The van der Waals surface area contributed by atoms with Crippen LogP contribution in [0.5, 0.6) is 0 Å². The SMILES string of the molecule is CC(C)(C)OC(=O)NCCCN=C(N)N1CCN(c2ccc(F)cc2)CC1.I. The molecule has 28 heavy (non-hydrogen) atoms. The molecule has 0 bridgehead atoms. The van der Waals surface area contributed by atoms with Gasteiger partial charge in [-0.1, -0.05) is 0 Å². The third kappa shape index (κ3) is 8.49. The van der Waals surface area contributed by atoms with Gasteiger partial charge in [0, 0.05) is 45.0 Å². The summed E-state index contributed by atoms with van der Waals surface area (Å²) in [5.74, 6) is 0.293. The number of nitrogens with two attached hydrogens (primary N) is 1. The second-order valence-corrected chi connectivity index (χ2v) is 7.47. The summed E-state index contributed by atoms with van der Waals surface area (Å²) in [6.07, 6.45) is 0.270. The third-order valence-corrected chi connectivity index (χ3v) is 4.07. The Balaban J connectivity index is 0.00000392. The molecule has 0 atom stereocenters. The number of amides is 1. The highest BCUT2D eigenvalue weighted by Crippen LogP contribution is 2.16. The number of anilines is 1. The van der Waals surface area contributed by atoms with Crippen LogP contribution in [0.15, 0.2) is 29.3 Å². The quantitative estimate of drug-likeness (QED) is 0.277. The van der Waals surface area contributed by atoms with Crippen LogP contribution in [0.25, 0.3) is 0 Å².